The summed E-state index contributed by atoms with van der Waals surface area (Å²) in [5.74, 6) is -2.97. The van der Waals surface area contributed by atoms with Gasteiger partial charge in [-0.3, -0.25) is 0 Å². The predicted octanol–water partition coefficient (Wildman–Crippen LogP) is 2.85. The molecule has 2 nitrogen and oxygen atoms in total. The molecule has 0 aliphatic rings. The number of nitrogens with zero attached hydrogens (tertiary/aromatic N) is 1. The normalized spacial score (nSPS) is 10.8. The van der Waals surface area contributed by atoms with Crippen molar-refractivity contribution < 1.29 is 13.2 Å². The molecule has 0 unspecified atom stereocenters. The highest BCUT2D eigenvalue weighted by molar-refractivity contribution is 7.09. The van der Waals surface area contributed by atoms with Crippen LogP contribution in [0.25, 0.3) is 0 Å². The van der Waals surface area contributed by atoms with Crippen molar-refractivity contribution in [2.45, 2.75) is 13.1 Å². The van der Waals surface area contributed by atoms with E-state index in [4.69, 9.17) is 0 Å². The summed E-state index contributed by atoms with van der Waals surface area (Å²) in [5, 5.41) is 5.59. The summed E-state index contributed by atoms with van der Waals surface area (Å²) in [7, 11) is 0. The van der Waals surface area contributed by atoms with E-state index in [0.717, 1.165) is 11.1 Å². The summed E-state index contributed by atoms with van der Waals surface area (Å²) in [4.78, 5) is 4.03. The molecule has 0 aliphatic heterocycles. The number of hydrogen-bond acceptors (Lipinski definition) is 3. The largest absolute Gasteiger partial charge is 0.306 e. The predicted molar refractivity (Wildman–Crippen MR) is 59.0 cm³/mol. The smallest absolute Gasteiger partial charge is 0.161 e. The van der Waals surface area contributed by atoms with E-state index < -0.39 is 17.5 Å². The van der Waals surface area contributed by atoms with Crippen molar-refractivity contribution in [3.8, 4) is 0 Å². The van der Waals surface area contributed by atoms with Gasteiger partial charge >= 0.3 is 0 Å². The second kappa shape index (κ2) is 5.29. The zero-order valence-electron chi connectivity index (χ0n) is 8.71. The first-order valence-corrected chi connectivity index (χ1v) is 5.77. The van der Waals surface area contributed by atoms with Gasteiger partial charge in [-0.25, -0.2) is 18.2 Å². The Morgan fingerprint density at radius 2 is 1.82 bits per heavy atom. The van der Waals surface area contributed by atoms with Crippen molar-refractivity contribution in [3.63, 3.8) is 0 Å². The number of hydrogen-bond donors (Lipinski definition) is 1. The first-order valence-electron chi connectivity index (χ1n) is 4.89. The van der Waals surface area contributed by atoms with Crippen molar-refractivity contribution in [2.75, 3.05) is 0 Å². The zero-order chi connectivity index (χ0) is 12.3. The summed E-state index contributed by atoms with van der Waals surface area (Å²) in [5.41, 5.74) is 0.0976. The highest BCUT2D eigenvalue weighted by atomic mass is 32.1. The van der Waals surface area contributed by atoms with Gasteiger partial charge in [-0.1, -0.05) is 0 Å². The van der Waals surface area contributed by atoms with Crippen LogP contribution in [0.3, 0.4) is 0 Å². The molecule has 0 aliphatic carbocycles. The van der Waals surface area contributed by atoms with Gasteiger partial charge in [-0.05, 0) is 6.07 Å². The third-order valence-corrected chi connectivity index (χ3v) is 2.94. The molecule has 0 radical (unpaired) electrons. The van der Waals surface area contributed by atoms with Gasteiger partial charge in [-0.15, -0.1) is 11.3 Å². The fraction of sp³-hybridized carbons (Fsp3) is 0.182. The van der Waals surface area contributed by atoms with Gasteiger partial charge in [0.15, 0.2) is 11.6 Å². The molecule has 0 saturated carbocycles. The van der Waals surface area contributed by atoms with Crippen LogP contribution in [0.5, 0.6) is 0 Å². The Morgan fingerprint density at radius 1 is 1.06 bits per heavy atom. The van der Waals surface area contributed by atoms with Crippen molar-refractivity contribution in [1.29, 1.82) is 0 Å². The summed E-state index contributed by atoms with van der Waals surface area (Å²) >= 11 is 1.47. The topological polar surface area (TPSA) is 24.9 Å². The van der Waals surface area contributed by atoms with Crippen LogP contribution in [0.4, 0.5) is 13.2 Å². The highest BCUT2D eigenvalue weighted by Gasteiger charge is 2.09. The minimum atomic E-state index is -1.17. The van der Waals surface area contributed by atoms with Gasteiger partial charge in [0.25, 0.3) is 0 Å². The zero-order valence-corrected chi connectivity index (χ0v) is 9.53. The second-order valence-electron chi connectivity index (χ2n) is 3.39. The second-order valence-corrected chi connectivity index (χ2v) is 4.37. The lowest BCUT2D eigenvalue weighted by molar-refractivity contribution is 0.486. The molecular formula is C11H9F3N2S. The Labute approximate surface area is 100 Å². The number of halogens is 3. The van der Waals surface area contributed by atoms with Crippen molar-refractivity contribution >= 4 is 11.3 Å². The standard InChI is InChI=1S/C11H9F3N2S/c12-8-4-10(14)9(13)3-7(8)5-15-6-11-16-1-2-17-11/h1-4,15H,5-6H2. The molecule has 0 atom stereocenters. The molecule has 2 rings (SSSR count). The third kappa shape index (κ3) is 3.04. The Bertz CT molecular complexity index is 500. The molecule has 1 heterocycles. The van der Waals surface area contributed by atoms with Crippen LogP contribution in [0, 0.1) is 17.5 Å². The molecular weight excluding hydrogens is 249 g/mol. The summed E-state index contributed by atoms with van der Waals surface area (Å²) in [6, 6.07) is 1.41. The van der Waals surface area contributed by atoms with Gasteiger partial charge in [-0.2, -0.15) is 0 Å². The van der Waals surface area contributed by atoms with Crippen LogP contribution in [-0.4, -0.2) is 4.98 Å². The number of benzene rings is 1. The lowest BCUT2D eigenvalue weighted by Crippen LogP contribution is -2.14. The third-order valence-electron chi connectivity index (χ3n) is 2.16. The first-order chi connectivity index (χ1) is 8.16. The minimum absolute atomic E-state index is 0.0976. The number of thiazole rings is 1. The van der Waals surface area contributed by atoms with E-state index in [2.05, 4.69) is 10.3 Å². The van der Waals surface area contributed by atoms with E-state index in [1.165, 1.54) is 11.3 Å². The molecule has 0 saturated heterocycles. The van der Waals surface area contributed by atoms with Crippen LogP contribution in [0.1, 0.15) is 10.6 Å². The fourth-order valence-electron chi connectivity index (χ4n) is 1.34. The molecule has 0 bridgehead atoms. The van der Waals surface area contributed by atoms with E-state index in [-0.39, 0.29) is 12.1 Å². The maximum absolute atomic E-state index is 13.2. The molecule has 1 N–H and O–H groups in total. The first kappa shape index (κ1) is 12.1. The van der Waals surface area contributed by atoms with Crippen molar-refractivity contribution in [1.82, 2.24) is 10.3 Å². The Hall–Kier alpha value is -1.40. The molecule has 0 fully saturated rings. The molecule has 1 aromatic heterocycles. The average Bonchev–Trinajstić information content (AvgIpc) is 2.78. The summed E-state index contributed by atoms with van der Waals surface area (Å²) in [6.07, 6.45) is 1.67. The Balaban J connectivity index is 1.97. The van der Waals surface area contributed by atoms with Gasteiger partial charge < -0.3 is 5.32 Å². The summed E-state index contributed by atoms with van der Waals surface area (Å²) < 4.78 is 38.8. The molecule has 0 spiro atoms. The molecule has 1 aromatic carbocycles. The van der Waals surface area contributed by atoms with Gasteiger partial charge in [0, 0.05) is 36.3 Å². The van der Waals surface area contributed by atoms with Gasteiger partial charge in [0.05, 0.1) is 0 Å². The Kier molecular flexibility index (Phi) is 3.75. The van der Waals surface area contributed by atoms with Gasteiger partial charge in [0.1, 0.15) is 10.8 Å². The van der Waals surface area contributed by atoms with E-state index in [0.29, 0.717) is 12.6 Å². The molecule has 17 heavy (non-hydrogen) atoms. The quantitative estimate of drug-likeness (QED) is 0.853. The maximum Gasteiger partial charge on any atom is 0.161 e. The Morgan fingerprint density at radius 3 is 2.53 bits per heavy atom. The molecule has 2 aromatic rings. The molecule has 90 valence electrons. The van der Waals surface area contributed by atoms with E-state index >= 15 is 0 Å². The molecule has 6 heteroatoms. The SMILES string of the molecule is Fc1cc(F)c(CNCc2nccs2)cc1F. The van der Waals surface area contributed by atoms with Gasteiger partial charge in [0.2, 0.25) is 0 Å². The monoisotopic (exact) mass is 258 g/mol. The lowest BCUT2D eigenvalue weighted by Gasteiger charge is -2.05. The minimum Gasteiger partial charge on any atom is -0.306 e. The summed E-state index contributed by atoms with van der Waals surface area (Å²) in [6.45, 7) is 0.596. The molecule has 0 amide bonds. The highest BCUT2D eigenvalue weighted by Crippen LogP contribution is 2.13. The average molecular weight is 258 g/mol. The lowest BCUT2D eigenvalue weighted by atomic mass is 10.2. The van der Waals surface area contributed by atoms with Crippen LogP contribution in [-0.2, 0) is 13.1 Å². The maximum atomic E-state index is 13.2. The van der Waals surface area contributed by atoms with E-state index in [1.807, 2.05) is 5.38 Å². The van der Waals surface area contributed by atoms with Crippen molar-refractivity contribution in [3.05, 3.63) is 51.7 Å². The van der Waals surface area contributed by atoms with E-state index in [9.17, 15) is 13.2 Å². The van der Waals surface area contributed by atoms with E-state index in [1.54, 1.807) is 6.20 Å². The van der Waals surface area contributed by atoms with Crippen LogP contribution < -0.4 is 5.32 Å². The van der Waals surface area contributed by atoms with Crippen molar-refractivity contribution in [2.24, 2.45) is 0 Å². The van der Waals surface area contributed by atoms with Crippen LogP contribution in [0.2, 0.25) is 0 Å². The number of nitrogens with one attached hydrogen (secondary N) is 1. The number of aromatic nitrogens is 1. The number of rotatable bonds is 4. The fourth-order valence-corrected chi connectivity index (χ4v) is 1.93. The van der Waals surface area contributed by atoms with Crippen LogP contribution in [0.15, 0.2) is 23.7 Å². The van der Waals surface area contributed by atoms with Crippen LogP contribution >= 0.6 is 11.3 Å².